The number of nitrogens with zero attached hydrogens (tertiary/aromatic N) is 2. The first kappa shape index (κ1) is 23.4. The van der Waals surface area contributed by atoms with Gasteiger partial charge in [-0.05, 0) is 42.0 Å². The van der Waals surface area contributed by atoms with Gasteiger partial charge in [0.15, 0.2) is 6.61 Å². The summed E-state index contributed by atoms with van der Waals surface area (Å²) in [4.78, 5) is 28.5. The second kappa shape index (κ2) is 10.8. The maximum absolute atomic E-state index is 12.6. The molecule has 0 unspecified atom stereocenters. The molecule has 1 heterocycles. The fourth-order valence-electron chi connectivity index (χ4n) is 2.86. The third-order valence-electron chi connectivity index (χ3n) is 4.55. The van der Waals surface area contributed by atoms with E-state index in [1.54, 1.807) is 24.3 Å². The zero-order chi connectivity index (χ0) is 23.0. The lowest BCUT2D eigenvalue weighted by atomic mass is 10.1. The summed E-state index contributed by atoms with van der Waals surface area (Å²) < 4.78 is 36.4. The van der Waals surface area contributed by atoms with Crippen LogP contribution in [-0.4, -0.2) is 70.8 Å². The van der Waals surface area contributed by atoms with E-state index >= 15 is 0 Å². The first-order valence-electron chi connectivity index (χ1n) is 9.71. The SMILES string of the molecule is COC(=O)c1ccc(/C=N/OCC(=O)Nc2ccc(S(=O)(=O)N3CCOCC3)cc2)cc1. The number of hydrogen-bond acceptors (Lipinski definition) is 8. The maximum atomic E-state index is 12.6. The van der Waals surface area contributed by atoms with E-state index in [1.807, 2.05) is 0 Å². The number of nitrogens with one attached hydrogen (secondary N) is 1. The van der Waals surface area contributed by atoms with Gasteiger partial charge in [-0.3, -0.25) is 4.79 Å². The minimum Gasteiger partial charge on any atom is -0.465 e. The standard InChI is InChI=1S/C21H23N3O7S/c1-29-21(26)17-4-2-16(3-5-17)14-22-31-15-20(25)23-18-6-8-19(9-7-18)32(27,28)24-10-12-30-13-11-24/h2-9,14H,10-13,15H2,1H3,(H,23,25)/b22-14+. The van der Waals surface area contributed by atoms with Crippen molar-refractivity contribution in [3.8, 4) is 0 Å². The van der Waals surface area contributed by atoms with Crippen molar-refractivity contribution in [2.75, 3.05) is 45.3 Å². The Hall–Kier alpha value is -3.28. The van der Waals surface area contributed by atoms with Gasteiger partial charge in [-0.2, -0.15) is 4.31 Å². The largest absolute Gasteiger partial charge is 0.465 e. The van der Waals surface area contributed by atoms with Crippen LogP contribution in [0.4, 0.5) is 5.69 Å². The lowest BCUT2D eigenvalue weighted by Gasteiger charge is -2.26. The number of esters is 1. The minimum absolute atomic E-state index is 0.150. The van der Waals surface area contributed by atoms with Gasteiger partial charge in [0.25, 0.3) is 5.91 Å². The van der Waals surface area contributed by atoms with Crippen LogP contribution in [0.5, 0.6) is 0 Å². The molecule has 1 aliphatic heterocycles. The smallest absolute Gasteiger partial charge is 0.337 e. The molecule has 0 atom stereocenters. The Morgan fingerprint density at radius 1 is 1.09 bits per heavy atom. The van der Waals surface area contributed by atoms with Crippen molar-refractivity contribution < 1.29 is 32.3 Å². The van der Waals surface area contributed by atoms with E-state index < -0.39 is 21.9 Å². The number of amides is 1. The van der Waals surface area contributed by atoms with E-state index in [-0.39, 0.29) is 11.5 Å². The molecule has 0 spiro atoms. The second-order valence-corrected chi connectivity index (χ2v) is 8.65. The minimum atomic E-state index is -3.59. The van der Waals surface area contributed by atoms with Gasteiger partial charge >= 0.3 is 5.97 Å². The van der Waals surface area contributed by atoms with Gasteiger partial charge in [-0.25, -0.2) is 13.2 Å². The quantitative estimate of drug-likeness (QED) is 0.359. The molecule has 1 aliphatic rings. The summed E-state index contributed by atoms with van der Waals surface area (Å²) in [5.41, 5.74) is 1.52. The average Bonchev–Trinajstić information content (AvgIpc) is 2.82. The third-order valence-corrected chi connectivity index (χ3v) is 6.46. The number of rotatable bonds is 8. The molecule has 3 rings (SSSR count). The summed E-state index contributed by atoms with van der Waals surface area (Å²) in [6.07, 6.45) is 1.40. The van der Waals surface area contributed by atoms with Gasteiger partial charge < -0.3 is 19.6 Å². The Balaban J connectivity index is 1.47. The van der Waals surface area contributed by atoms with Crippen LogP contribution >= 0.6 is 0 Å². The molecule has 1 N–H and O–H groups in total. The first-order valence-corrected chi connectivity index (χ1v) is 11.2. The highest BCUT2D eigenvalue weighted by Crippen LogP contribution is 2.19. The van der Waals surface area contributed by atoms with E-state index in [9.17, 15) is 18.0 Å². The molecule has 0 saturated carbocycles. The summed E-state index contributed by atoms with van der Waals surface area (Å²) in [6, 6.07) is 12.4. The van der Waals surface area contributed by atoms with Crippen molar-refractivity contribution in [3.63, 3.8) is 0 Å². The van der Waals surface area contributed by atoms with Gasteiger partial charge in [-0.1, -0.05) is 17.3 Å². The van der Waals surface area contributed by atoms with Crippen LogP contribution in [-0.2, 0) is 29.1 Å². The van der Waals surface area contributed by atoms with Crippen LogP contribution in [0.25, 0.3) is 0 Å². The summed E-state index contributed by atoms with van der Waals surface area (Å²) in [5, 5.41) is 6.33. The summed E-state index contributed by atoms with van der Waals surface area (Å²) in [6.45, 7) is 1.04. The zero-order valence-electron chi connectivity index (χ0n) is 17.4. The predicted molar refractivity (Wildman–Crippen MR) is 116 cm³/mol. The average molecular weight is 461 g/mol. The molecule has 1 fully saturated rings. The van der Waals surface area contributed by atoms with Crippen LogP contribution in [0, 0.1) is 0 Å². The number of carbonyl (C=O) groups is 2. The highest BCUT2D eigenvalue weighted by molar-refractivity contribution is 7.89. The van der Waals surface area contributed by atoms with E-state index in [0.29, 0.717) is 43.1 Å². The number of oxime groups is 1. The molecule has 2 aromatic rings. The second-order valence-electron chi connectivity index (χ2n) is 6.71. The molecular formula is C21H23N3O7S. The molecule has 0 radical (unpaired) electrons. The van der Waals surface area contributed by atoms with Crippen LogP contribution in [0.15, 0.2) is 58.6 Å². The van der Waals surface area contributed by atoms with Crippen molar-refractivity contribution in [1.29, 1.82) is 0 Å². The molecule has 170 valence electrons. The molecular weight excluding hydrogens is 438 g/mol. The Labute approximate surface area is 185 Å². The zero-order valence-corrected chi connectivity index (χ0v) is 18.2. The van der Waals surface area contributed by atoms with Crippen molar-refractivity contribution in [1.82, 2.24) is 4.31 Å². The summed E-state index contributed by atoms with van der Waals surface area (Å²) in [5.74, 6) is -0.889. The molecule has 0 bridgehead atoms. The van der Waals surface area contributed by atoms with Crippen molar-refractivity contribution in [2.45, 2.75) is 4.90 Å². The first-order chi connectivity index (χ1) is 15.4. The number of ether oxygens (including phenoxy) is 2. The number of methoxy groups -OCH3 is 1. The fraction of sp³-hybridized carbons (Fsp3) is 0.286. The van der Waals surface area contributed by atoms with Crippen LogP contribution < -0.4 is 5.32 Å². The number of benzene rings is 2. The molecule has 0 aliphatic carbocycles. The van der Waals surface area contributed by atoms with Gasteiger partial charge in [0.2, 0.25) is 10.0 Å². The monoisotopic (exact) mass is 461 g/mol. The maximum Gasteiger partial charge on any atom is 0.337 e. The molecule has 2 aromatic carbocycles. The van der Waals surface area contributed by atoms with Crippen molar-refractivity contribution in [2.24, 2.45) is 5.16 Å². The van der Waals surface area contributed by atoms with Crippen molar-refractivity contribution >= 4 is 33.8 Å². The van der Waals surface area contributed by atoms with Crippen LogP contribution in [0.1, 0.15) is 15.9 Å². The van der Waals surface area contributed by atoms with Gasteiger partial charge in [0.05, 0.1) is 37.0 Å². The molecule has 0 aromatic heterocycles. The van der Waals surface area contributed by atoms with Crippen molar-refractivity contribution in [3.05, 3.63) is 59.7 Å². The lowest BCUT2D eigenvalue weighted by Crippen LogP contribution is -2.40. The normalized spacial score (nSPS) is 14.8. The summed E-state index contributed by atoms with van der Waals surface area (Å²) >= 11 is 0. The van der Waals surface area contributed by atoms with E-state index in [4.69, 9.17) is 9.57 Å². The topological polar surface area (TPSA) is 124 Å². The fourth-order valence-corrected chi connectivity index (χ4v) is 4.27. The Morgan fingerprint density at radius 2 is 1.75 bits per heavy atom. The van der Waals surface area contributed by atoms with Gasteiger partial charge in [-0.15, -0.1) is 0 Å². The van der Waals surface area contributed by atoms with E-state index in [2.05, 4.69) is 15.2 Å². The lowest BCUT2D eigenvalue weighted by molar-refractivity contribution is -0.120. The molecule has 1 saturated heterocycles. The molecule has 11 heteroatoms. The highest BCUT2D eigenvalue weighted by atomic mass is 32.2. The van der Waals surface area contributed by atoms with Gasteiger partial charge in [0.1, 0.15) is 0 Å². The van der Waals surface area contributed by atoms with Crippen LogP contribution in [0.3, 0.4) is 0 Å². The van der Waals surface area contributed by atoms with Crippen LogP contribution in [0.2, 0.25) is 0 Å². The van der Waals surface area contributed by atoms with Gasteiger partial charge in [0, 0.05) is 18.8 Å². The van der Waals surface area contributed by atoms with E-state index in [1.165, 1.54) is 41.9 Å². The molecule has 1 amide bonds. The number of morpholine rings is 1. The summed E-state index contributed by atoms with van der Waals surface area (Å²) in [7, 11) is -2.29. The molecule has 32 heavy (non-hydrogen) atoms. The number of sulfonamides is 1. The van der Waals surface area contributed by atoms with E-state index in [0.717, 1.165) is 0 Å². The number of hydrogen-bond donors (Lipinski definition) is 1. The molecule has 10 nitrogen and oxygen atoms in total. The number of carbonyl (C=O) groups excluding carboxylic acids is 2. The third kappa shape index (κ3) is 6.13. The predicted octanol–water partition coefficient (Wildman–Crippen LogP) is 1.48. The Bertz CT molecular complexity index is 1060. The number of anilines is 1. The Morgan fingerprint density at radius 3 is 2.38 bits per heavy atom. The highest BCUT2D eigenvalue weighted by Gasteiger charge is 2.26. The Kier molecular flexibility index (Phi) is 7.92.